The fourth-order valence-corrected chi connectivity index (χ4v) is 2.27. The number of hydrogen-bond donors (Lipinski definition) is 0. The first-order valence-electron chi connectivity index (χ1n) is 6.32. The molecule has 2 rings (SSSR count). The number of halogens is 2. The van der Waals surface area contributed by atoms with E-state index in [4.69, 9.17) is 16.3 Å². The average Bonchev–Trinajstić information content (AvgIpc) is 2.48. The van der Waals surface area contributed by atoms with Gasteiger partial charge in [0, 0.05) is 18.8 Å². The summed E-state index contributed by atoms with van der Waals surface area (Å²) in [5.74, 6) is 0.535. The number of nitrogens with zero attached hydrogens (tertiary/aromatic N) is 2. The van der Waals surface area contributed by atoms with E-state index in [0.717, 1.165) is 0 Å². The number of pyridine rings is 1. The lowest BCUT2D eigenvalue weighted by molar-refractivity contribution is 0.0773. The van der Waals surface area contributed by atoms with Crippen molar-refractivity contribution in [2.75, 3.05) is 20.2 Å². The van der Waals surface area contributed by atoms with Gasteiger partial charge in [-0.2, -0.15) is 0 Å². The third-order valence-electron chi connectivity index (χ3n) is 2.84. The van der Waals surface area contributed by atoms with Crippen LogP contribution in [0.1, 0.15) is 10.4 Å². The van der Waals surface area contributed by atoms with Crippen LogP contribution >= 0.6 is 27.5 Å². The molecule has 0 fully saturated rings. The lowest BCUT2D eigenvalue weighted by Crippen LogP contribution is -2.30. The molecule has 0 aliphatic heterocycles. The topological polar surface area (TPSA) is 42.4 Å². The summed E-state index contributed by atoms with van der Waals surface area (Å²) >= 11 is 9.25. The molecule has 1 aromatic carbocycles. The zero-order chi connectivity index (χ0) is 15.2. The summed E-state index contributed by atoms with van der Waals surface area (Å²) in [6.45, 7) is 0.836. The van der Waals surface area contributed by atoms with E-state index in [2.05, 4.69) is 20.9 Å². The van der Waals surface area contributed by atoms with Crippen molar-refractivity contribution >= 4 is 33.4 Å². The predicted octanol–water partition coefficient (Wildman–Crippen LogP) is 3.65. The van der Waals surface area contributed by atoms with Crippen LogP contribution in [-0.2, 0) is 0 Å². The minimum Gasteiger partial charge on any atom is -0.490 e. The normalized spacial score (nSPS) is 10.2. The van der Waals surface area contributed by atoms with Gasteiger partial charge in [-0.3, -0.25) is 4.79 Å². The van der Waals surface area contributed by atoms with Gasteiger partial charge in [0.15, 0.2) is 0 Å². The second kappa shape index (κ2) is 7.43. The number of para-hydroxylation sites is 1. The number of hydrogen-bond acceptors (Lipinski definition) is 3. The number of aromatic nitrogens is 1. The van der Waals surface area contributed by atoms with Crippen LogP contribution in [0.5, 0.6) is 5.75 Å². The van der Waals surface area contributed by atoms with Gasteiger partial charge >= 0.3 is 0 Å². The Bertz CT molecular complexity index is 637. The summed E-state index contributed by atoms with van der Waals surface area (Å²) in [4.78, 5) is 17.8. The molecule has 4 nitrogen and oxygen atoms in total. The van der Waals surface area contributed by atoms with Gasteiger partial charge in [-0.05, 0) is 40.2 Å². The maximum Gasteiger partial charge on any atom is 0.253 e. The second-order valence-electron chi connectivity index (χ2n) is 4.37. The van der Waals surface area contributed by atoms with Crippen LogP contribution in [0.15, 0.2) is 47.2 Å². The quantitative estimate of drug-likeness (QED) is 0.756. The fraction of sp³-hybridized carbons (Fsp3) is 0.200. The molecule has 110 valence electrons. The second-order valence-corrected chi connectivity index (χ2v) is 5.59. The molecule has 0 saturated heterocycles. The minimum absolute atomic E-state index is 0.0825. The van der Waals surface area contributed by atoms with Crippen molar-refractivity contribution in [3.05, 3.63) is 57.8 Å². The monoisotopic (exact) mass is 368 g/mol. The number of rotatable bonds is 5. The highest BCUT2D eigenvalue weighted by molar-refractivity contribution is 9.10. The molecule has 21 heavy (non-hydrogen) atoms. The van der Waals surface area contributed by atoms with Crippen molar-refractivity contribution in [2.24, 2.45) is 0 Å². The van der Waals surface area contributed by atoms with Gasteiger partial charge in [0.05, 0.1) is 11.6 Å². The molecule has 0 aliphatic rings. The molecule has 2 aromatic rings. The fourth-order valence-electron chi connectivity index (χ4n) is 1.71. The van der Waals surface area contributed by atoms with E-state index >= 15 is 0 Å². The standard InChI is InChI=1S/C15H14BrClN2O2/c1-19(15(20)11-6-7-18-14(16)10-11)8-9-21-13-5-3-2-4-12(13)17/h2-7,10H,8-9H2,1H3. The first kappa shape index (κ1) is 15.8. The Hall–Kier alpha value is -1.59. The minimum atomic E-state index is -0.0825. The van der Waals surface area contributed by atoms with E-state index in [1.807, 2.05) is 12.1 Å². The molecule has 0 bridgehead atoms. The number of carbonyl (C=O) groups excluding carboxylic acids is 1. The van der Waals surface area contributed by atoms with E-state index in [-0.39, 0.29) is 5.91 Å². The number of ether oxygens (including phenoxy) is 1. The summed E-state index contributed by atoms with van der Waals surface area (Å²) in [7, 11) is 1.73. The average molecular weight is 370 g/mol. The molecule has 0 aliphatic carbocycles. The summed E-state index contributed by atoms with van der Waals surface area (Å²) in [6, 6.07) is 10.6. The van der Waals surface area contributed by atoms with Crippen molar-refractivity contribution in [3.8, 4) is 5.75 Å². The zero-order valence-corrected chi connectivity index (χ0v) is 13.8. The summed E-state index contributed by atoms with van der Waals surface area (Å²) in [6.07, 6.45) is 1.59. The molecule has 0 atom stereocenters. The lowest BCUT2D eigenvalue weighted by atomic mass is 10.2. The third kappa shape index (κ3) is 4.44. The van der Waals surface area contributed by atoms with Crippen molar-refractivity contribution < 1.29 is 9.53 Å². The Morgan fingerprint density at radius 1 is 1.38 bits per heavy atom. The van der Waals surface area contributed by atoms with E-state index < -0.39 is 0 Å². The van der Waals surface area contributed by atoms with Crippen LogP contribution in [0.4, 0.5) is 0 Å². The molecule has 0 N–H and O–H groups in total. The number of carbonyl (C=O) groups is 1. The highest BCUT2D eigenvalue weighted by atomic mass is 79.9. The Balaban J connectivity index is 1.89. The number of benzene rings is 1. The van der Waals surface area contributed by atoms with Gasteiger partial charge in [-0.25, -0.2) is 4.98 Å². The molecular weight excluding hydrogens is 356 g/mol. The Kier molecular flexibility index (Phi) is 5.59. The molecule has 0 spiro atoms. The van der Waals surface area contributed by atoms with Crippen LogP contribution in [-0.4, -0.2) is 36.0 Å². The first-order chi connectivity index (χ1) is 10.1. The maximum atomic E-state index is 12.2. The van der Waals surface area contributed by atoms with E-state index in [0.29, 0.717) is 34.1 Å². The molecule has 1 heterocycles. The summed E-state index contributed by atoms with van der Waals surface area (Å²) in [5.41, 5.74) is 0.581. The maximum absolute atomic E-state index is 12.2. The number of amides is 1. The largest absolute Gasteiger partial charge is 0.490 e. The first-order valence-corrected chi connectivity index (χ1v) is 7.49. The Labute approximate surface area is 136 Å². The van der Waals surface area contributed by atoms with Crippen LogP contribution in [0.25, 0.3) is 0 Å². The Morgan fingerprint density at radius 2 is 2.14 bits per heavy atom. The van der Waals surface area contributed by atoms with Crippen LogP contribution in [0, 0.1) is 0 Å². The van der Waals surface area contributed by atoms with E-state index in [1.165, 1.54) is 0 Å². The van der Waals surface area contributed by atoms with Gasteiger partial charge in [0.2, 0.25) is 0 Å². The highest BCUT2D eigenvalue weighted by Gasteiger charge is 2.12. The van der Waals surface area contributed by atoms with Gasteiger partial charge in [0.25, 0.3) is 5.91 Å². The van der Waals surface area contributed by atoms with Crippen LogP contribution in [0.2, 0.25) is 5.02 Å². The highest BCUT2D eigenvalue weighted by Crippen LogP contribution is 2.22. The smallest absolute Gasteiger partial charge is 0.253 e. The number of likely N-dealkylation sites (N-methyl/N-ethyl adjacent to an activating group) is 1. The van der Waals surface area contributed by atoms with Crippen molar-refractivity contribution in [1.29, 1.82) is 0 Å². The third-order valence-corrected chi connectivity index (χ3v) is 3.59. The lowest BCUT2D eigenvalue weighted by Gasteiger charge is -2.17. The molecular formula is C15H14BrClN2O2. The predicted molar refractivity (Wildman–Crippen MR) is 85.8 cm³/mol. The summed E-state index contributed by atoms with van der Waals surface area (Å²) < 4.78 is 6.20. The molecule has 1 amide bonds. The van der Waals surface area contributed by atoms with Crippen molar-refractivity contribution in [2.45, 2.75) is 0 Å². The molecule has 0 unspecified atom stereocenters. The SMILES string of the molecule is CN(CCOc1ccccc1Cl)C(=O)c1ccnc(Br)c1. The van der Waals surface area contributed by atoms with Crippen LogP contribution in [0.3, 0.4) is 0 Å². The zero-order valence-electron chi connectivity index (χ0n) is 11.4. The van der Waals surface area contributed by atoms with E-state index in [9.17, 15) is 4.79 Å². The molecule has 6 heteroatoms. The van der Waals surface area contributed by atoms with Gasteiger partial charge in [0.1, 0.15) is 17.0 Å². The molecule has 0 radical (unpaired) electrons. The molecule has 0 saturated carbocycles. The van der Waals surface area contributed by atoms with E-state index in [1.54, 1.807) is 42.4 Å². The van der Waals surface area contributed by atoms with Gasteiger partial charge in [-0.1, -0.05) is 23.7 Å². The van der Waals surface area contributed by atoms with Crippen molar-refractivity contribution in [3.63, 3.8) is 0 Å². The molecule has 1 aromatic heterocycles. The Morgan fingerprint density at radius 3 is 2.86 bits per heavy atom. The van der Waals surface area contributed by atoms with Crippen molar-refractivity contribution in [1.82, 2.24) is 9.88 Å². The van der Waals surface area contributed by atoms with Gasteiger partial charge in [-0.15, -0.1) is 0 Å². The van der Waals surface area contributed by atoms with Crippen LogP contribution < -0.4 is 4.74 Å². The van der Waals surface area contributed by atoms with Gasteiger partial charge < -0.3 is 9.64 Å². The summed E-state index contributed by atoms with van der Waals surface area (Å²) in [5, 5.41) is 0.560.